The number of carbonyl (C=O) groups excluding carboxylic acids is 1. The fourth-order valence-electron chi connectivity index (χ4n) is 3.88. The molecule has 0 saturated heterocycles. The third-order valence-corrected chi connectivity index (χ3v) is 5.58. The summed E-state index contributed by atoms with van der Waals surface area (Å²) >= 11 is 0. The Hall–Kier alpha value is -3.28. The number of ether oxygens (including phenoxy) is 2. The van der Waals surface area contributed by atoms with E-state index in [0.29, 0.717) is 17.0 Å². The molecule has 6 heteroatoms. The van der Waals surface area contributed by atoms with Crippen molar-refractivity contribution in [3.8, 4) is 22.8 Å². The summed E-state index contributed by atoms with van der Waals surface area (Å²) in [5.74, 6) is 1.27. The highest BCUT2D eigenvalue weighted by Gasteiger charge is 2.21. The lowest BCUT2D eigenvalue weighted by molar-refractivity contribution is 0.0940. The predicted octanol–water partition coefficient (Wildman–Crippen LogP) is 4.90. The number of aromatic amines is 1. The first-order valence-corrected chi connectivity index (χ1v) is 10.4. The lowest BCUT2D eigenvalue weighted by Crippen LogP contribution is -2.26. The third-order valence-electron chi connectivity index (χ3n) is 5.58. The van der Waals surface area contributed by atoms with Crippen LogP contribution < -0.4 is 14.8 Å². The molecule has 1 amide bonds. The van der Waals surface area contributed by atoms with Crippen molar-refractivity contribution in [3.05, 3.63) is 65.9 Å². The van der Waals surface area contributed by atoms with Gasteiger partial charge in [-0.25, -0.2) is 0 Å². The number of hydrogen-bond acceptors (Lipinski definition) is 4. The van der Waals surface area contributed by atoms with Gasteiger partial charge in [0.2, 0.25) is 0 Å². The number of H-pyrrole nitrogens is 1. The highest BCUT2D eigenvalue weighted by atomic mass is 16.5. The molecular weight excluding hydrogens is 378 g/mol. The largest absolute Gasteiger partial charge is 0.493 e. The van der Waals surface area contributed by atoms with Gasteiger partial charge in [-0.2, -0.15) is 5.10 Å². The second-order valence-corrected chi connectivity index (χ2v) is 7.65. The van der Waals surface area contributed by atoms with E-state index >= 15 is 0 Å². The van der Waals surface area contributed by atoms with E-state index in [0.717, 1.165) is 29.7 Å². The molecule has 0 bridgehead atoms. The zero-order chi connectivity index (χ0) is 20.9. The molecular formula is C24H27N3O3. The van der Waals surface area contributed by atoms with E-state index < -0.39 is 0 Å². The van der Waals surface area contributed by atoms with Crippen LogP contribution in [0, 0.1) is 0 Å². The highest BCUT2D eigenvalue weighted by Crippen LogP contribution is 2.34. The van der Waals surface area contributed by atoms with E-state index in [4.69, 9.17) is 9.47 Å². The predicted molar refractivity (Wildman–Crippen MR) is 116 cm³/mol. The number of carbonyl (C=O) groups is 1. The van der Waals surface area contributed by atoms with Gasteiger partial charge in [0.25, 0.3) is 5.91 Å². The van der Waals surface area contributed by atoms with Gasteiger partial charge in [-0.15, -0.1) is 0 Å². The zero-order valence-corrected chi connectivity index (χ0v) is 17.4. The molecule has 0 spiro atoms. The first-order valence-electron chi connectivity index (χ1n) is 10.4. The fraction of sp³-hybridized carbons (Fsp3) is 0.333. The number of benzene rings is 2. The summed E-state index contributed by atoms with van der Waals surface area (Å²) in [5, 5.41) is 10.1. The molecule has 1 aliphatic rings. The van der Waals surface area contributed by atoms with E-state index in [2.05, 4.69) is 15.5 Å². The van der Waals surface area contributed by atoms with Crippen molar-refractivity contribution < 1.29 is 14.3 Å². The molecule has 30 heavy (non-hydrogen) atoms. The van der Waals surface area contributed by atoms with Crippen LogP contribution in [0.5, 0.6) is 11.5 Å². The monoisotopic (exact) mass is 405 g/mol. The molecule has 156 valence electrons. The van der Waals surface area contributed by atoms with Crippen molar-refractivity contribution >= 4 is 5.91 Å². The minimum atomic E-state index is -0.203. The number of hydrogen-bond donors (Lipinski definition) is 2. The van der Waals surface area contributed by atoms with E-state index in [9.17, 15) is 4.79 Å². The highest BCUT2D eigenvalue weighted by molar-refractivity contribution is 5.99. The van der Waals surface area contributed by atoms with Crippen LogP contribution in [0.4, 0.5) is 0 Å². The van der Waals surface area contributed by atoms with E-state index in [1.807, 2.05) is 55.5 Å². The van der Waals surface area contributed by atoms with Crippen molar-refractivity contribution in [2.24, 2.45) is 0 Å². The summed E-state index contributed by atoms with van der Waals surface area (Å²) in [7, 11) is 1.64. The fourth-order valence-corrected chi connectivity index (χ4v) is 3.88. The van der Waals surface area contributed by atoms with Crippen LogP contribution in [0.15, 0.2) is 54.7 Å². The van der Waals surface area contributed by atoms with Crippen LogP contribution in [-0.4, -0.2) is 29.3 Å². The Morgan fingerprint density at radius 2 is 1.90 bits per heavy atom. The van der Waals surface area contributed by atoms with Gasteiger partial charge in [0.05, 0.1) is 36.7 Å². The Labute approximate surface area is 176 Å². The molecule has 1 aromatic heterocycles. The van der Waals surface area contributed by atoms with E-state index in [1.54, 1.807) is 13.3 Å². The Balaban J connectivity index is 1.48. The Morgan fingerprint density at radius 1 is 1.13 bits per heavy atom. The van der Waals surface area contributed by atoms with E-state index in [1.165, 1.54) is 12.8 Å². The van der Waals surface area contributed by atoms with Gasteiger partial charge in [-0.1, -0.05) is 36.4 Å². The van der Waals surface area contributed by atoms with Gasteiger partial charge in [-0.05, 0) is 50.3 Å². The first kappa shape index (κ1) is 20.0. The summed E-state index contributed by atoms with van der Waals surface area (Å²) in [6.45, 7) is 1.95. The number of rotatable bonds is 7. The number of aromatic nitrogens is 2. The number of nitrogens with one attached hydrogen (secondary N) is 2. The van der Waals surface area contributed by atoms with Crippen molar-refractivity contribution in [3.63, 3.8) is 0 Å². The molecule has 2 N–H and O–H groups in total. The van der Waals surface area contributed by atoms with Crippen LogP contribution in [0.2, 0.25) is 0 Å². The van der Waals surface area contributed by atoms with Gasteiger partial charge in [0, 0.05) is 5.56 Å². The Bertz CT molecular complexity index is 994. The van der Waals surface area contributed by atoms with Crippen LogP contribution >= 0.6 is 0 Å². The van der Waals surface area contributed by atoms with Crippen molar-refractivity contribution in [2.75, 3.05) is 7.11 Å². The summed E-state index contributed by atoms with van der Waals surface area (Å²) in [5.41, 5.74) is 3.09. The second kappa shape index (κ2) is 9.03. The Morgan fingerprint density at radius 3 is 2.63 bits per heavy atom. The summed E-state index contributed by atoms with van der Waals surface area (Å²) in [4.78, 5) is 12.9. The summed E-state index contributed by atoms with van der Waals surface area (Å²) in [6, 6.07) is 15.3. The maximum Gasteiger partial charge on any atom is 0.255 e. The molecule has 2 aromatic carbocycles. The Kier molecular flexibility index (Phi) is 6.02. The second-order valence-electron chi connectivity index (χ2n) is 7.65. The van der Waals surface area contributed by atoms with Crippen LogP contribution in [-0.2, 0) is 0 Å². The molecule has 1 atom stereocenters. The average Bonchev–Trinajstić information content (AvgIpc) is 3.46. The standard InChI is InChI=1S/C24H27N3O3/c1-16(18-12-13-21(22(14-18)29-2)30-19-10-6-7-11-19)26-24(28)20-15-25-27-23(20)17-8-4-3-5-9-17/h3-5,8-9,12-16,19H,6-7,10-11H2,1-2H3,(H,25,27)(H,26,28). The molecule has 6 nitrogen and oxygen atoms in total. The lowest BCUT2D eigenvalue weighted by Gasteiger charge is -2.19. The molecule has 1 saturated carbocycles. The normalized spacial score (nSPS) is 15.0. The molecule has 0 radical (unpaired) electrons. The smallest absolute Gasteiger partial charge is 0.255 e. The maximum atomic E-state index is 12.9. The van der Waals surface area contributed by atoms with Gasteiger partial charge >= 0.3 is 0 Å². The van der Waals surface area contributed by atoms with Crippen LogP contribution in [0.3, 0.4) is 0 Å². The van der Waals surface area contributed by atoms with Crippen molar-refractivity contribution in [1.82, 2.24) is 15.5 Å². The summed E-state index contributed by atoms with van der Waals surface area (Å²) < 4.78 is 11.7. The third kappa shape index (κ3) is 4.32. The van der Waals surface area contributed by atoms with Gasteiger partial charge in [0.1, 0.15) is 0 Å². The first-order chi connectivity index (χ1) is 14.7. The number of nitrogens with zero attached hydrogens (tertiary/aromatic N) is 1. The van der Waals surface area contributed by atoms with Gasteiger partial charge in [0.15, 0.2) is 11.5 Å². The van der Waals surface area contributed by atoms with Gasteiger partial charge < -0.3 is 14.8 Å². The number of amides is 1. The quantitative estimate of drug-likeness (QED) is 0.586. The molecule has 0 aliphatic heterocycles. The van der Waals surface area contributed by atoms with Crippen LogP contribution in [0.25, 0.3) is 11.3 Å². The maximum absolute atomic E-state index is 12.9. The molecule has 1 unspecified atom stereocenters. The molecule has 1 aliphatic carbocycles. The average molecular weight is 405 g/mol. The molecule has 1 fully saturated rings. The zero-order valence-electron chi connectivity index (χ0n) is 17.4. The molecule has 3 aromatic rings. The molecule has 1 heterocycles. The summed E-state index contributed by atoms with van der Waals surface area (Å²) in [6.07, 6.45) is 6.43. The minimum absolute atomic E-state index is 0.180. The molecule has 4 rings (SSSR count). The minimum Gasteiger partial charge on any atom is -0.493 e. The van der Waals surface area contributed by atoms with Crippen molar-refractivity contribution in [1.29, 1.82) is 0 Å². The van der Waals surface area contributed by atoms with E-state index in [-0.39, 0.29) is 18.1 Å². The van der Waals surface area contributed by atoms with Crippen LogP contribution in [0.1, 0.15) is 54.6 Å². The number of methoxy groups -OCH3 is 1. The SMILES string of the molecule is COc1cc(C(C)NC(=O)c2cn[nH]c2-c2ccccc2)ccc1OC1CCCC1. The van der Waals surface area contributed by atoms with Gasteiger partial charge in [-0.3, -0.25) is 9.89 Å². The lowest BCUT2D eigenvalue weighted by atomic mass is 10.1. The van der Waals surface area contributed by atoms with Crippen molar-refractivity contribution in [2.45, 2.75) is 44.8 Å². The topological polar surface area (TPSA) is 76.2 Å².